The minimum absolute atomic E-state index is 0.0214. The zero-order chi connectivity index (χ0) is 12.1. The van der Waals surface area contributed by atoms with Crippen molar-refractivity contribution in [3.8, 4) is 0 Å². The first-order valence-corrected chi connectivity index (χ1v) is 6.56. The molecule has 16 heavy (non-hydrogen) atoms. The fourth-order valence-electron chi connectivity index (χ4n) is 2.52. The van der Waals surface area contributed by atoms with Gasteiger partial charge in [0.15, 0.2) is 0 Å². The van der Waals surface area contributed by atoms with Crippen LogP contribution in [0.15, 0.2) is 0 Å². The van der Waals surface area contributed by atoms with Crippen LogP contribution < -0.4 is 11.1 Å². The SMILES string of the molecule is CC(C)CC(N)C(=O)N[C@H](C)C1CCCC1. The lowest BCUT2D eigenvalue weighted by molar-refractivity contribution is -0.123. The van der Waals surface area contributed by atoms with Crippen molar-refractivity contribution >= 4 is 5.91 Å². The molecule has 1 fully saturated rings. The van der Waals surface area contributed by atoms with Crippen LogP contribution in [-0.2, 0) is 4.79 Å². The number of amides is 1. The molecular weight excluding hydrogens is 200 g/mol. The summed E-state index contributed by atoms with van der Waals surface area (Å²) < 4.78 is 0. The highest BCUT2D eigenvalue weighted by Crippen LogP contribution is 2.27. The highest BCUT2D eigenvalue weighted by molar-refractivity contribution is 5.81. The summed E-state index contributed by atoms with van der Waals surface area (Å²) in [6, 6.07) is -0.0583. The molecule has 0 aromatic rings. The second kappa shape index (κ2) is 6.24. The lowest BCUT2D eigenvalue weighted by atomic mass is 9.98. The van der Waals surface area contributed by atoms with Crippen LogP contribution in [0.2, 0.25) is 0 Å². The topological polar surface area (TPSA) is 55.1 Å². The Morgan fingerprint density at radius 3 is 2.38 bits per heavy atom. The highest BCUT2D eigenvalue weighted by Gasteiger charge is 2.24. The molecule has 0 bridgehead atoms. The molecule has 3 heteroatoms. The molecule has 1 unspecified atom stereocenters. The third kappa shape index (κ3) is 4.12. The van der Waals surface area contributed by atoms with Crippen LogP contribution >= 0.6 is 0 Å². The van der Waals surface area contributed by atoms with E-state index < -0.39 is 0 Å². The second-order valence-corrected chi connectivity index (χ2v) is 5.58. The fraction of sp³-hybridized carbons (Fsp3) is 0.923. The largest absolute Gasteiger partial charge is 0.352 e. The van der Waals surface area contributed by atoms with E-state index in [1.807, 2.05) is 0 Å². The first-order valence-electron chi connectivity index (χ1n) is 6.56. The summed E-state index contributed by atoms with van der Waals surface area (Å²) in [5, 5.41) is 3.06. The van der Waals surface area contributed by atoms with Gasteiger partial charge in [-0.15, -0.1) is 0 Å². The molecule has 0 aromatic carbocycles. The Bertz CT molecular complexity index is 222. The zero-order valence-electron chi connectivity index (χ0n) is 10.8. The first-order chi connectivity index (χ1) is 7.50. The Morgan fingerprint density at radius 2 is 1.88 bits per heavy atom. The van der Waals surface area contributed by atoms with Gasteiger partial charge in [-0.25, -0.2) is 0 Å². The van der Waals surface area contributed by atoms with E-state index in [2.05, 4.69) is 26.1 Å². The number of carbonyl (C=O) groups is 1. The molecule has 3 N–H and O–H groups in total. The third-order valence-electron chi connectivity index (χ3n) is 3.54. The Hall–Kier alpha value is -0.570. The van der Waals surface area contributed by atoms with Gasteiger partial charge in [-0.2, -0.15) is 0 Å². The van der Waals surface area contributed by atoms with E-state index in [9.17, 15) is 4.79 Å². The fourth-order valence-corrected chi connectivity index (χ4v) is 2.52. The molecular formula is C13H26N2O. The van der Waals surface area contributed by atoms with E-state index in [1.54, 1.807) is 0 Å². The second-order valence-electron chi connectivity index (χ2n) is 5.58. The molecule has 0 spiro atoms. The maximum Gasteiger partial charge on any atom is 0.237 e. The van der Waals surface area contributed by atoms with Gasteiger partial charge in [0.25, 0.3) is 0 Å². The van der Waals surface area contributed by atoms with Gasteiger partial charge in [0.1, 0.15) is 0 Å². The van der Waals surface area contributed by atoms with Gasteiger partial charge in [-0.3, -0.25) is 4.79 Å². The molecule has 1 rings (SSSR count). The van der Waals surface area contributed by atoms with Crippen molar-refractivity contribution in [2.45, 2.75) is 65.0 Å². The molecule has 1 aliphatic rings. The van der Waals surface area contributed by atoms with E-state index in [4.69, 9.17) is 5.73 Å². The quantitative estimate of drug-likeness (QED) is 0.754. The van der Waals surface area contributed by atoms with Crippen LogP contribution in [0.5, 0.6) is 0 Å². The molecule has 3 nitrogen and oxygen atoms in total. The van der Waals surface area contributed by atoms with Gasteiger partial charge in [-0.1, -0.05) is 26.7 Å². The molecule has 94 valence electrons. The number of hydrogen-bond acceptors (Lipinski definition) is 2. The van der Waals surface area contributed by atoms with Crippen molar-refractivity contribution in [1.29, 1.82) is 0 Å². The Balaban J connectivity index is 2.31. The molecule has 0 aromatic heterocycles. The zero-order valence-corrected chi connectivity index (χ0v) is 10.8. The number of carbonyl (C=O) groups excluding carboxylic acids is 1. The van der Waals surface area contributed by atoms with Crippen molar-refractivity contribution in [3.05, 3.63) is 0 Å². The molecule has 0 heterocycles. The minimum atomic E-state index is -0.344. The van der Waals surface area contributed by atoms with Crippen molar-refractivity contribution in [2.24, 2.45) is 17.6 Å². The summed E-state index contributed by atoms with van der Waals surface area (Å²) in [5.41, 5.74) is 5.85. The average molecular weight is 226 g/mol. The Kier molecular flexibility index (Phi) is 5.26. The molecule has 1 amide bonds. The van der Waals surface area contributed by atoms with Crippen molar-refractivity contribution in [2.75, 3.05) is 0 Å². The molecule has 0 saturated heterocycles. The summed E-state index contributed by atoms with van der Waals surface area (Å²) >= 11 is 0. The van der Waals surface area contributed by atoms with Crippen LogP contribution in [0.3, 0.4) is 0 Å². The number of nitrogens with one attached hydrogen (secondary N) is 1. The smallest absolute Gasteiger partial charge is 0.237 e. The molecule has 1 aliphatic carbocycles. The van der Waals surface area contributed by atoms with Gasteiger partial charge >= 0.3 is 0 Å². The summed E-state index contributed by atoms with van der Waals surface area (Å²) in [4.78, 5) is 11.8. The Morgan fingerprint density at radius 1 is 1.31 bits per heavy atom. The first kappa shape index (κ1) is 13.5. The van der Waals surface area contributed by atoms with Crippen LogP contribution in [0.4, 0.5) is 0 Å². The maximum absolute atomic E-state index is 11.8. The lowest BCUT2D eigenvalue weighted by Crippen LogP contribution is -2.46. The summed E-state index contributed by atoms with van der Waals surface area (Å²) in [5.74, 6) is 1.16. The van der Waals surface area contributed by atoms with E-state index >= 15 is 0 Å². The summed E-state index contributed by atoms with van der Waals surface area (Å²) in [7, 11) is 0. The molecule has 1 saturated carbocycles. The standard InChI is InChI=1S/C13H26N2O/c1-9(2)8-12(14)13(16)15-10(3)11-6-4-5-7-11/h9-12H,4-8,14H2,1-3H3,(H,15,16)/t10-,12?/m1/s1. The number of nitrogens with two attached hydrogens (primary N) is 1. The maximum atomic E-state index is 11.8. The van der Waals surface area contributed by atoms with Crippen LogP contribution in [0.25, 0.3) is 0 Å². The highest BCUT2D eigenvalue weighted by atomic mass is 16.2. The van der Waals surface area contributed by atoms with E-state index in [0.717, 1.165) is 6.42 Å². The minimum Gasteiger partial charge on any atom is -0.352 e. The predicted octanol–water partition coefficient (Wildman–Crippen LogP) is 2.05. The predicted molar refractivity (Wildman–Crippen MR) is 67.0 cm³/mol. The average Bonchev–Trinajstić information content (AvgIpc) is 2.68. The van der Waals surface area contributed by atoms with Crippen molar-refractivity contribution in [1.82, 2.24) is 5.32 Å². The van der Waals surface area contributed by atoms with Crippen LogP contribution in [0.1, 0.15) is 52.9 Å². The van der Waals surface area contributed by atoms with E-state index in [0.29, 0.717) is 11.8 Å². The number of rotatable bonds is 5. The van der Waals surface area contributed by atoms with Crippen LogP contribution in [0, 0.1) is 11.8 Å². The molecule has 0 radical (unpaired) electrons. The summed E-state index contributed by atoms with van der Waals surface area (Å²) in [6.07, 6.45) is 5.89. The van der Waals surface area contributed by atoms with Gasteiger partial charge in [0.05, 0.1) is 6.04 Å². The van der Waals surface area contributed by atoms with Crippen molar-refractivity contribution < 1.29 is 4.79 Å². The molecule has 0 aliphatic heterocycles. The number of hydrogen-bond donors (Lipinski definition) is 2. The Labute approximate surface area is 99.2 Å². The van der Waals surface area contributed by atoms with Gasteiger partial charge < -0.3 is 11.1 Å². The van der Waals surface area contributed by atoms with Gasteiger partial charge in [0.2, 0.25) is 5.91 Å². The third-order valence-corrected chi connectivity index (χ3v) is 3.54. The monoisotopic (exact) mass is 226 g/mol. The van der Waals surface area contributed by atoms with Crippen molar-refractivity contribution in [3.63, 3.8) is 0 Å². The van der Waals surface area contributed by atoms with Crippen LogP contribution in [-0.4, -0.2) is 18.0 Å². The summed E-state index contributed by atoms with van der Waals surface area (Å²) in [6.45, 7) is 6.29. The van der Waals surface area contributed by atoms with Gasteiger partial charge in [-0.05, 0) is 38.0 Å². The molecule has 2 atom stereocenters. The van der Waals surface area contributed by atoms with Gasteiger partial charge in [0, 0.05) is 6.04 Å². The lowest BCUT2D eigenvalue weighted by Gasteiger charge is -2.23. The normalized spacial score (nSPS) is 21.1. The van der Waals surface area contributed by atoms with E-state index in [1.165, 1.54) is 25.7 Å². The van der Waals surface area contributed by atoms with E-state index in [-0.39, 0.29) is 18.0 Å².